The molecule has 43 heavy (non-hydrogen) atoms. The lowest BCUT2D eigenvalue weighted by atomic mass is 9.94. The number of nitrogens with one attached hydrogen (secondary N) is 3. The maximum atomic E-state index is 12.8. The summed E-state index contributed by atoms with van der Waals surface area (Å²) < 4.78 is 0. The van der Waals surface area contributed by atoms with Gasteiger partial charge in [0.1, 0.15) is 5.78 Å². The summed E-state index contributed by atoms with van der Waals surface area (Å²) >= 11 is 0. The van der Waals surface area contributed by atoms with Gasteiger partial charge in [-0.15, -0.1) is 0 Å². The van der Waals surface area contributed by atoms with Crippen LogP contribution in [0, 0.1) is 5.92 Å². The quantitative estimate of drug-likeness (QED) is 0.0758. The molecule has 1 heterocycles. The number of ketones is 2. The van der Waals surface area contributed by atoms with E-state index in [1.165, 1.54) is 45.7 Å². The molecule has 1 aliphatic rings. The number of piperidine rings is 1. The number of guanidine groups is 1. The number of nitrogens with two attached hydrogens (primary N) is 2. The molecular weight excluding hydrogens is 550 g/mol. The summed E-state index contributed by atoms with van der Waals surface area (Å²) in [6, 6.07) is 8.32. The standard InChI is InChI=1S/C23H34N6O5.C8H17N/c1-3-20(32)29(14-16(2)30)15-19(31)28-18(10-7-12-27-23(24)25)21(33)22(34)26-13-11-17-8-5-4-6-9-17;1-2-3-8-4-6-9-7-5-8/h4-6,8-9,18H,3,7,10-15H2,1-2H3,(H,26,34)(H,28,31)(H4,24,25,27);8-9H,2-7H2,1H3. The molecule has 0 radical (unpaired) electrons. The number of hydrogen-bond acceptors (Lipinski definition) is 7. The van der Waals surface area contributed by atoms with E-state index < -0.39 is 30.2 Å². The van der Waals surface area contributed by atoms with Gasteiger partial charge < -0.3 is 32.3 Å². The summed E-state index contributed by atoms with van der Waals surface area (Å²) in [6.45, 7) is 7.55. The molecule has 1 atom stereocenters. The fourth-order valence-corrected chi connectivity index (χ4v) is 4.70. The lowest BCUT2D eigenvalue weighted by molar-refractivity contribution is -0.141. The summed E-state index contributed by atoms with van der Waals surface area (Å²) in [5, 5.41) is 8.46. The zero-order chi connectivity index (χ0) is 32.0. The third kappa shape index (κ3) is 17.0. The molecule has 12 heteroatoms. The van der Waals surface area contributed by atoms with Crippen molar-refractivity contribution in [2.45, 2.75) is 78.2 Å². The van der Waals surface area contributed by atoms with Crippen LogP contribution in [0.5, 0.6) is 0 Å². The number of benzene rings is 1. The Kier molecular flexibility index (Phi) is 18.9. The molecule has 240 valence electrons. The molecule has 1 aliphatic heterocycles. The van der Waals surface area contributed by atoms with Gasteiger partial charge in [0.05, 0.1) is 19.1 Å². The van der Waals surface area contributed by atoms with E-state index in [-0.39, 0.29) is 50.1 Å². The molecule has 0 bridgehead atoms. The SMILES string of the molecule is CCC(=O)N(CC(C)=O)CC(=O)NC(CCCN=C(N)N)C(=O)C(=O)NCCc1ccccc1.CCCC1CCNCC1. The smallest absolute Gasteiger partial charge is 0.289 e. The van der Waals surface area contributed by atoms with Gasteiger partial charge in [0.2, 0.25) is 17.6 Å². The minimum atomic E-state index is -1.13. The average Bonchev–Trinajstić information content (AvgIpc) is 2.98. The van der Waals surface area contributed by atoms with E-state index >= 15 is 0 Å². The third-order valence-corrected chi connectivity index (χ3v) is 6.92. The highest BCUT2D eigenvalue weighted by Crippen LogP contribution is 2.16. The second-order valence-electron chi connectivity index (χ2n) is 10.7. The minimum absolute atomic E-state index is 0.108. The van der Waals surface area contributed by atoms with Gasteiger partial charge in [0, 0.05) is 19.5 Å². The molecule has 0 aromatic heterocycles. The fraction of sp³-hybridized carbons (Fsp3) is 0.613. The molecule has 1 aromatic carbocycles. The van der Waals surface area contributed by atoms with Gasteiger partial charge in [-0.25, -0.2) is 0 Å². The van der Waals surface area contributed by atoms with Crippen LogP contribution in [-0.2, 0) is 30.4 Å². The van der Waals surface area contributed by atoms with Crippen molar-refractivity contribution in [1.82, 2.24) is 20.9 Å². The van der Waals surface area contributed by atoms with E-state index in [2.05, 4.69) is 27.9 Å². The number of rotatable bonds is 17. The maximum absolute atomic E-state index is 12.8. The largest absolute Gasteiger partial charge is 0.370 e. The summed E-state index contributed by atoms with van der Waals surface area (Å²) in [6.07, 6.45) is 6.73. The van der Waals surface area contributed by atoms with E-state index in [0.29, 0.717) is 12.8 Å². The van der Waals surface area contributed by atoms with Crippen molar-refractivity contribution in [2.24, 2.45) is 22.4 Å². The molecule has 1 saturated heterocycles. The van der Waals surface area contributed by atoms with Crippen LogP contribution in [0.3, 0.4) is 0 Å². The Morgan fingerprint density at radius 3 is 2.30 bits per heavy atom. The number of Topliss-reactive ketones (excluding diaryl/α,β-unsaturated/α-hetero) is 2. The number of nitrogens with zero attached hydrogens (tertiary/aromatic N) is 2. The first kappa shape index (κ1) is 37.2. The zero-order valence-corrected chi connectivity index (χ0v) is 26.0. The maximum Gasteiger partial charge on any atom is 0.289 e. The molecule has 0 spiro atoms. The molecular formula is C31H51N7O5. The van der Waals surface area contributed by atoms with Crippen molar-refractivity contribution in [3.63, 3.8) is 0 Å². The van der Waals surface area contributed by atoms with Crippen molar-refractivity contribution in [3.8, 4) is 0 Å². The fourth-order valence-electron chi connectivity index (χ4n) is 4.70. The molecule has 0 saturated carbocycles. The normalized spacial score (nSPS) is 13.5. The monoisotopic (exact) mass is 601 g/mol. The van der Waals surface area contributed by atoms with Crippen LogP contribution < -0.4 is 27.4 Å². The zero-order valence-electron chi connectivity index (χ0n) is 26.0. The Balaban J connectivity index is 0.000000869. The number of carbonyl (C=O) groups excluding carboxylic acids is 5. The van der Waals surface area contributed by atoms with Crippen molar-refractivity contribution in [2.75, 3.05) is 39.3 Å². The highest BCUT2D eigenvalue weighted by molar-refractivity contribution is 6.38. The highest BCUT2D eigenvalue weighted by Gasteiger charge is 2.27. The van der Waals surface area contributed by atoms with Crippen LogP contribution in [0.4, 0.5) is 0 Å². The van der Waals surface area contributed by atoms with Crippen LogP contribution in [0.15, 0.2) is 35.3 Å². The van der Waals surface area contributed by atoms with Crippen molar-refractivity contribution in [3.05, 3.63) is 35.9 Å². The van der Waals surface area contributed by atoms with Crippen molar-refractivity contribution in [1.29, 1.82) is 0 Å². The average molecular weight is 602 g/mol. The Morgan fingerprint density at radius 1 is 1.05 bits per heavy atom. The molecule has 1 aromatic rings. The van der Waals surface area contributed by atoms with Crippen LogP contribution in [0.2, 0.25) is 0 Å². The predicted molar refractivity (Wildman–Crippen MR) is 168 cm³/mol. The van der Waals surface area contributed by atoms with Gasteiger partial charge >= 0.3 is 0 Å². The lowest BCUT2D eigenvalue weighted by Gasteiger charge is -2.22. The van der Waals surface area contributed by atoms with Gasteiger partial charge in [0.25, 0.3) is 5.91 Å². The van der Waals surface area contributed by atoms with Crippen LogP contribution in [0.1, 0.15) is 71.3 Å². The predicted octanol–water partition coefficient (Wildman–Crippen LogP) is 1.07. The third-order valence-electron chi connectivity index (χ3n) is 6.92. The Labute approximate surface area is 255 Å². The van der Waals surface area contributed by atoms with Gasteiger partial charge in [-0.05, 0) is 63.6 Å². The molecule has 7 N–H and O–H groups in total. The van der Waals surface area contributed by atoms with Crippen LogP contribution >= 0.6 is 0 Å². The molecule has 2 rings (SSSR count). The summed E-state index contributed by atoms with van der Waals surface area (Å²) in [5.74, 6) is -2.02. The van der Waals surface area contributed by atoms with Gasteiger partial charge in [-0.1, -0.05) is 57.0 Å². The van der Waals surface area contributed by atoms with Gasteiger partial charge in [-0.3, -0.25) is 29.0 Å². The highest BCUT2D eigenvalue weighted by atomic mass is 16.2. The van der Waals surface area contributed by atoms with Crippen molar-refractivity contribution >= 4 is 35.2 Å². The summed E-state index contributed by atoms with van der Waals surface area (Å²) in [7, 11) is 0. The Hall–Kier alpha value is -3.80. The van der Waals surface area contributed by atoms with Gasteiger partial charge in [0.15, 0.2) is 5.96 Å². The first-order valence-corrected chi connectivity index (χ1v) is 15.3. The van der Waals surface area contributed by atoms with E-state index in [0.717, 1.165) is 16.4 Å². The molecule has 12 nitrogen and oxygen atoms in total. The lowest BCUT2D eigenvalue weighted by Crippen LogP contribution is -2.51. The Morgan fingerprint density at radius 2 is 1.72 bits per heavy atom. The summed E-state index contributed by atoms with van der Waals surface area (Å²) in [5.41, 5.74) is 11.6. The van der Waals surface area contributed by atoms with Crippen LogP contribution in [0.25, 0.3) is 0 Å². The van der Waals surface area contributed by atoms with Gasteiger partial charge in [-0.2, -0.15) is 0 Å². The number of hydrogen-bond donors (Lipinski definition) is 5. The molecule has 3 amide bonds. The molecule has 1 fully saturated rings. The summed E-state index contributed by atoms with van der Waals surface area (Å²) in [4.78, 5) is 66.2. The van der Waals surface area contributed by atoms with E-state index in [4.69, 9.17) is 11.5 Å². The first-order chi connectivity index (χ1) is 20.6. The Bertz CT molecular complexity index is 1040. The second-order valence-corrected chi connectivity index (χ2v) is 10.7. The minimum Gasteiger partial charge on any atom is -0.370 e. The molecule has 0 aliphatic carbocycles. The second kappa shape index (κ2) is 21.8. The number of amides is 3. The van der Waals surface area contributed by atoms with E-state index in [9.17, 15) is 24.0 Å². The van der Waals surface area contributed by atoms with Crippen LogP contribution in [-0.4, -0.2) is 85.5 Å². The first-order valence-electron chi connectivity index (χ1n) is 15.3. The molecule has 1 unspecified atom stereocenters. The number of carbonyl (C=O) groups is 5. The topological polar surface area (TPSA) is 189 Å². The van der Waals surface area contributed by atoms with E-state index in [1.54, 1.807) is 6.92 Å². The van der Waals surface area contributed by atoms with E-state index in [1.807, 2.05) is 30.3 Å². The number of aliphatic imine (C=N–C) groups is 1. The van der Waals surface area contributed by atoms with Crippen molar-refractivity contribution < 1.29 is 24.0 Å².